The van der Waals surface area contributed by atoms with Gasteiger partial charge in [-0.15, -0.1) is 0 Å². The van der Waals surface area contributed by atoms with Gasteiger partial charge in [-0.05, 0) is 38.5 Å². The molecular weight excluding hydrogens is 610 g/mol. The van der Waals surface area contributed by atoms with E-state index in [0.29, 0.717) is 0 Å². The van der Waals surface area contributed by atoms with Crippen molar-refractivity contribution >= 4 is 5.91 Å². The van der Waals surface area contributed by atoms with Gasteiger partial charge in [0.15, 0.2) is 6.10 Å². The number of aliphatic hydroxyl groups excluding tert-OH is 4. The van der Waals surface area contributed by atoms with Gasteiger partial charge in [0.25, 0.3) is 5.91 Å². The van der Waals surface area contributed by atoms with E-state index in [1.165, 1.54) is 160 Å². The third-order valence-electron chi connectivity index (χ3n) is 9.57. The monoisotopic (exact) mass is 692 g/mol. The second-order valence-corrected chi connectivity index (χ2v) is 14.3. The summed E-state index contributed by atoms with van der Waals surface area (Å²) in [6, 6.07) is -1.08. The number of aliphatic hydroxyl groups is 4. The maximum Gasteiger partial charge on any atom is 0.253 e. The average Bonchev–Trinajstić information content (AvgIpc) is 3.11. The van der Waals surface area contributed by atoms with Crippen LogP contribution >= 0.6 is 0 Å². The molecule has 0 unspecified atom stereocenters. The summed E-state index contributed by atoms with van der Waals surface area (Å²) in [5, 5.41) is 43.2. The van der Waals surface area contributed by atoms with Gasteiger partial charge in [-0.2, -0.15) is 0 Å². The van der Waals surface area contributed by atoms with Gasteiger partial charge >= 0.3 is 0 Å². The van der Waals surface area contributed by atoms with Crippen molar-refractivity contribution in [2.45, 2.75) is 224 Å². The molecule has 288 valence electrons. The second kappa shape index (κ2) is 37.8. The van der Waals surface area contributed by atoms with Crippen LogP contribution in [0.3, 0.4) is 0 Å². The van der Waals surface area contributed by atoms with Crippen molar-refractivity contribution in [2.24, 2.45) is 0 Å². The van der Waals surface area contributed by atoms with Crippen molar-refractivity contribution in [2.75, 3.05) is 6.61 Å². The highest BCUT2D eigenvalue weighted by Crippen LogP contribution is 2.14. The first-order valence-electron chi connectivity index (χ1n) is 20.9. The van der Waals surface area contributed by atoms with Crippen molar-refractivity contribution in [1.29, 1.82) is 0 Å². The number of hydrogen-bond acceptors (Lipinski definition) is 5. The molecule has 6 nitrogen and oxygen atoms in total. The van der Waals surface area contributed by atoms with Gasteiger partial charge in [-0.25, -0.2) is 0 Å². The molecule has 0 aliphatic heterocycles. The van der Waals surface area contributed by atoms with E-state index in [1.807, 2.05) is 12.2 Å². The third kappa shape index (κ3) is 32.2. The average molecular weight is 692 g/mol. The number of hydrogen-bond donors (Lipinski definition) is 5. The van der Waals surface area contributed by atoms with Crippen LogP contribution in [0.15, 0.2) is 36.5 Å². The van der Waals surface area contributed by atoms with Gasteiger partial charge in [0.2, 0.25) is 0 Å². The highest BCUT2D eigenvalue weighted by atomic mass is 16.3. The molecule has 0 spiro atoms. The molecule has 0 aromatic heterocycles. The number of carbonyl (C=O) groups is 1. The first kappa shape index (κ1) is 47.5. The van der Waals surface area contributed by atoms with Crippen molar-refractivity contribution < 1.29 is 25.2 Å². The lowest BCUT2D eigenvalue weighted by Gasteiger charge is -2.25. The maximum absolute atomic E-state index is 12.4. The molecule has 0 aliphatic carbocycles. The van der Waals surface area contributed by atoms with E-state index in [4.69, 9.17) is 0 Å². The molecule has 0 rings (SSSR count). The first-order valence-corrected chi connectivity index (χ1v) is 20.9. The van der Waals surface area contributed by atoms with Gasteiger partial charge in [-0.3, -0.25) is 4.79 Å². The summed E-state index contributed by atoms with van der Waals surface area (Å²) < 4.78 is 0. The Hall–Kier alpha value is -1.47. The fourth-order valence-electron chi connectivity index (χ4n) is 6.22. The van der Waals surface area contributed by atoms with Crippen molar-refractivity contribution in [3.63, 3.8) is 0 Å². The van der Waals surface area contributed by atoms with Gasteiger partial charge in [0, 0.05) is 0 Å². The van der Waals surface area contributed by atoms with Crippen LogP contribution < -0.4 is 5.32 Å². The third-order valence-corrected chi connectivity index (χ3v) is 9.57. The zero-order valence-electron chi connectivity index (χ0n) is 32.2. The molecular formula is C43H81NO5. The van der Waals surface area contributed by atoms with E-state index in [1.54, 1.807) is 0 Å². The van der Waals surface area contributed by atoms with Crippen LogP contribution in [0.2, 0.25) is 0 Å². The second-order valence-electron chi connectivity index (χ2n) is 14.3. The summed E-state index contributed by atoms with van der Waals surface area (Å²) in [4.78, 5) is 12.4. The van der Waals surface area contributed by atoms with E-state index < -0.39 is 36.9 Å². The van der Waals surface area contributed by atoms with Crippen LogP contribution in [-0.4, -0.2) is 57.3 Å². The van der Waals surface area contributed by atoms with Gasteiger partial charge in [0.1, 0.15) is 12.2 Å². The van der Waals surface area contributed by atoms with Gasteiger partial charge in [-0.1, -0.05) is 198 Å². The smallest absolute Gasteiger partial charge is 0.253 e. The Morgan fingerprint density at radius 1 is 0.490 bits per heavy atom. The largest absolute Gasteiger partial charge is 0.394 e. The van der Waals surface area contributed by atoms with Crippen LogP contribution in [0.1, 0.15) is 200 Å². The zero-order chi connectivity index (χ0) is 36.0. The van der Waals surface area contributed by atoms with Crippen molar-refractivity contribution in [3.05, 3.63) is 36.5 Å². The molecule has 0 saturated carbocycles. The molecule has 1 amide bonds. The van der Waals surface area contributed by atoms with Crippen LogP contribution in [-0.2, 0) is 4.79 Å². The number of rotatable bonds is 37. The summed E-state index contributed by atoms with van der Waals surface area (Å²) in [5.74, 6) is -0.700. The molecule has 6 heteroatoms. The lowest BCUT2D eigenvalue weighted by atomic mass is 10.0. The Balaban J connectivity index is 3.90. The Kier molecular flexibility index (Phi) is 36.6. The molecule has 0 aromatic rings. The molecule has 0 radical (unpaired) electrons. The summed E-state index contributed by atoms with van der Waals surface area (Å²) in [5.41, 5.74) is 0. The Morgan fingerprint density at radius 3 is 1.27 bits per heavy atom. The highest BCUT2D eigenvalue weighted by molar-refractivity contribution is 5.82. The minimum absolute atomic E-state index is 0.547. The van der Waals surface area contributed by atoms with E-state index >= 15 is 0 Å². The molecule has 49 heavy (non-hydrogen) atoms. The minimum atomic E-state index is -1.38. The number of unbranched alkanes of at least 4 members (excludes halogenated alkanes) is 26. The normalized spacial score (nSPS) is 14.7. The molecule has 5 N–H and O–H groups in total. The molecule has 0 bridgehead atoms. The molecule has 0 fully saturated rings. The Morgan fingerprint density at radius 2 is 0.837 bits per heavy atom. The topological polar surface area (TPSA) is 110 Å². The molecule has 0 saturated heterocycles. The predicted octanol–water partition coefficient (Wildman–Crippen LogP) is 10.6. The first-order chi connectivity index (χ1) is 24.0. The fraction of sp³-hybridized carbons (Fsp3) is 0.837. The minimum Gasteiger partial charge on any atom is -0.394 e. The molecule has 4 atom stereocenters. The highest BCUT2D eigenvalue weighted by Gasteiger charge is 2.27. The van der Waals surface area contributed by atoms with Crippen molar-refractivity contribution in [1.82, 2.24) is 5.32 Å². The van der Waals surface area contributed by atoms with Crippen LogP contribution in [0.4, 0.5) is 0 Å². The maximum atomic E-state index is 12.4. The van der Waals surface area contributed by atoms with Gasteiger partial charge in [0.05, 0.1) is 12.6 Å². The lowest BCUT2D eigenvalue weighted by molar-refractivity contribution is -0.129. The lowest BCUT2D eigenvalue weighted by Crippen LogP contribution is -2.52. The Labute approximate surface area is 303 Å². The quantitative estimate of drug-likeness (QED) is 0.0329. The number of carbonyl (C=O) groups excluding carboxylic acids is 1. The SMILES string of the molecule is CCCCCCCCCCCCCCC=C[C@@H](O)C(=O)N[C@@H](CO)[C@H](O)[C@H](O)C=CCCC=CCCCCCCCCCCCCCCC. The van der Waals surface area contributed by atoms with Crippen LogP contribution in [0.25, 0.3) is 0 Å². The Bertz CT molecular complexity index is 782. The fourth-order valence-corrected chi connectivity index (χ4v) is 6.22. The van der Waals surface area contributed by atoms with E-state index in [9.17, 15) is 25.2 Å². The molecule has 0 aliphatic rings. The van der Waals surface area contributed by atoms with Crippen LogP contribution in [0.5, 0.6) is 0 Å². The summed E-state index contributed by atoms with van der Waals surface area (Å²) in [6.45, 7) is 3.98. The number of allylic oxidation sites excluding steroid dienone is 4. The van der Waals surface area contributed by atoms with E-state index in [-0.39, 0.29) is 0 Å². The number of amides is 1. The molecule has 0 aromatic carbocycles. The molecule has 0 heterocycles. The van der Waals surface area contributed by atoms with E-state index in [2.05, 4.69) is 31.3 Å². The predicted molar refractivity (Wildman–Crippen MR) is 210 cm³/mol. The zero-order valence-corrected chi connectivity index (χ0v) is 32.2. The van der Waals surface area contributed by atoms with E-state index in [0.717, 1.165) is 38.5 Å². The summed E-state index contributed by atoms with van der Waals surface area (Å²) in [7, 11) is 0. The standard InChI is InChI=1S/C43H81NO5/c1-3-5-7-9-11-13-15-17-19-20-21-22-23-25-26-28-30-32-34-36-40(46)42(48)39(38-45)44-43(49)41(47)37-35-33-31-29-27-24-18-16-14-12-10-8-6-4-2/h26,28,34-37,39-42,45-48H,3-25,27,29-33,38H2,1-2H3,(H,44,49)/t39-,40+,41+,42-/m0/s1. The summed E-state index contributed by atoms with van der Waals surface area (Å²) >= 11 is 0. The van der Waals surface area contributed by atoms with Crippen molar-refractivity contribution in [3.8, 4) is 0 Å². The number of nitrogens with one attached hydrogen (secondary N) is 1. The van der Waals surface area contributed by atoms with Crippen LogP contribution in [0, 0.1) is 0 Å². The summed E-state index contributed by atoms with van der Waals surface area (Å²) in [6.07, 6.45) is 43.7. The van der Waals surface area contributed by atoms with Gasteiger partial charge < -0.3 is 25.7 Å².